The predicted octanol–water partition coefficient (Wildman–Crippen LogP) is 4.28. The Morgan fingerprint density at radius 1 is 1.08 bits per heavy atom. The van der Waals surface area contributed by atoms with Crippen LogP contribution in [0.25, 0.3) is 10.9 Å². The fraction of sp³-hybridized carbons (Fsp3) is 0.448. The summed E-state index contributed by atoms with van der Waals surface area (Å²) in [5.74, 6) is 1.91. The van der Waals surface area contributed by atoms with Crippen LogP contribution >= 0.6 is 0 Å². The largest absolute Gasteiger partial charge is 0.490 e. The van der Waals surface area contributed by atoms with E-state index in [1.165, 1.54) is 5.56 Å². The molecule has 1 aromatic heterocycles. The number of amides is 1. The van der Waals surface area contributed by atoms with Gasteiger partial charge in [-0.05, 0) is 35.2 Å². The number of pyridine rings is 1. The van der Waals surface area contributed by atoms with Gasteiger partial charge in [0, 0.05) is 50.7 Å². The SMILES string of the molecule is CC(C)CN(Cc1ccc2c(c1)OCCCO2)C(=O)C1CN(Cc2cccc3cccnc23)CCO1. The maximum atomic E-state index is 13.7. The lowest BCUT2D eigenvalue weighted by Crippen LogP contribution is -2.51. The second-order valence-electron chi connectivity index (χ2n) is 10.0. The van der Waals surface area contributed by atoms with Gasteiger partial charge in [0.15, 0.2) is 11.5 Å². The summed E-state index contributed by atoms with van der Waals surface area (Å²) < 4.78 is 17.6. The number of aromatic nitrogens is 1. The number of morpholine rings is 1. The Morgan fingerprint density at radius 3 is 2.78 bits per heavy atom. The Morgan fingerprint density at radius 2 is 1.92 bits per heavy atom. The molecule has 7 nitrogen and oxygen atoms in total. The molecule has 3 aromatic rings. The van der Waals surface area contributed by atoms with Gasteiger partial charge < -0.3 is 19.1 Å². The molecular weight excluding hydrogens is 454 g/mol. The van der Waals surface area contributed by atoms with Crippen molar-refractivity contribution in [1.82, 2.24) is 14.8 Å². The van der Waals surface area contributed by atoms with Gasteiger partial charge in [-0.3, -0.25) is 14.7 Å². The summed E-state index contributed by atoms with van der Waals surface area (Å²) in [6, 6.07) is 16.3. The van der Waals surface area contributed by atoms with E-state index in [0.717, 1.165) is 47.5 Å². The number of hydrogen-bond donors (Lipinski definition) is 0. The summed E-state index contributed by atoms with van der Waals surface area (Å²) in [5, 5.41) is 1.13. The molecule has 0 aliphatic carbocycles. The zero-order valence-electron chi connectivity index (χ0n) is 21.2. The van der Waals surface area contributed by atoms with Gasteiger partial charge in [0.2, 0.25) is 0 Å². The Kier molecular flexibility index (Phi) is 7.68. The summed E-state index contributed by atoms with van der Waals surface area (Å²) >= 11 is 0. The van der Waals surface area contributed by atoms with Crippen LogP contribution < -0.4 is 9.47 Å². The Hall–Kier alpha value is -3.16. The molecule has 2 aliphatic rings. The average Bonchev–Trinajstić information content (AvgIpc) is 3.13. The lowest BCUT2D eigenvalue weighted by Gasteiger charge is -2.35. The van der Waals surface area contributed by atoms with E-state index < -0.39 is 6.10 Å². The van der Waals surface area contributed by atoms with Crippen LogP contribution in [0.2, 0.25) is 0 Å². The van der Waals surface area contributed by atoms with Crippen molar-refractivity contribution in [1.29, 1.82) is 0 Å². The minimum absolute atomic E-state index is 0.0385. The molecule has 36 heavy (non-hydrogen) atoms. The van der Waals surface area contributed by atoms with E-state index in [-0.39, 0.29) is 5.91 Å². The highest BCUT2D eigenvalue weighted by atomic mass is 16.5. The van der Waals surface area contributed by atoms with E-state index in [4.69, 9.17) is 14.2 Å². The first kappa shape index (κ1) is 24.5. The monoisotopic (exact) mass is 489 g/mol. The number of para-hydroxylation sites is 1. The molecule has 1 unspecified atom stereocenters. The smallest absolute Gasteiger partial charge is 0.253 e. The van der Waals surface area contributed by atoms with Crippen LogP contribution in [0.3, 0.4) is 0 Å². The molecule has 190 valence electrons. The lowest BCUT2D eigenvalue weighted by molar-refractivity contribution is -0.151. The number of ether oxygens (including phenoxy) is 3. The van der Waals surface area contributed by atoms with E-state index in [0.29, 0.717) is 45.4 Å². The Bertz CT molecular complexity index is 1190. The molecule has 1 saturated heterocycles. The molecule has 2 aromatic carbocycles. The minimum atomic E-state index is -0.485. The highest BCUT2D eigenvalue weighted by Gasteiger charge is 2.31. The Balaban J connectivity index is 1.29. The fourth-order valence-electron chi connectivity index (χ4n) is 4.93. The van der Waals surface area contributed by atoms with Gasteiger partial charge in [-0.2, -0.15) is 0 Å². The zero-order valence-corrected chi connectivity index (χ0v) is 21.2. The van der Waals surface area contributed by atoms with Crippen LogP contribution in [-0.4, -0.2) is 66.2 Å². The van der Waals surface area contributed by atoms with E-state index in [9.17, 15) is 4.79 Å². The quantitative estimate of drug-likeness (QED) is 0.494. The maximum Gasteiger partial charge on any atom is 0.253 e. The first-order valence-corrected chi connectivity index (χ1v) is 12.9. The third-order valence-electron chi connectivity index (χ3n) is 6.62. The fourth-order valence-corrected chi connectivity index (χ4v) is 4.93. The summed E-state index contributed by atoms with van der Waals surface area (Å²) in [4.78, 5) is 22.5. The molecule has 2 aliphatic heterocycles. The zero-order chi connectivity index (χ0) is 24.9. The minimum Gasteiger partial charge on any atom is -0.490 e. The normalized spacial score (nSPS) is 18.2. The van der Waals surface area contributed by atoms with Crippen molar-refractivity contribution >= 4 is 16.8 Å². The maximum absolute atomic E-state index is 13.7. The molecule has 0 N–H and O–H groups in total. The van der Waals surface area contributed by atoms with Crippen LogP contribution in [0.15, 0.2) is 54.7 Å². The molecule has 1 atom stereocenters. The van der Waals surface area contributed by atoms with Crippen LogP contribution in [0, 0.1) is 5.92 Å². The summed E-state index contributed by atoms with van der Waals surface area (Å²) in [6.07, 6.45) is 2.22. The molecule has 1 fully saturated rings. The Labute approximate surface area is 213 Å². The first-order chi connectivity index (χ1) is 17.6. The molecule has 1 amide bonds. The number of benzene rings is 2. The molecule has 0 saturated carbocycles. The van der Waals surface area contributed by atoms with E-state index in [1.807, 2.05) is 35.4 Å². The van der Waals surface area contributed by atoms with Gasteiger partial charge in [0.25, 0.3) is 5.91 Å². The van der Waals surface area contributed by atoms with Gasteiger partial charge in [-0.25, -0.2) is 0 Å². The molecule has 5 rings (SSSR count). The number of nitrogens with zero attached hydrogens (tertiary/aromatic N) is 3. The van der Waals surface area contributed by atoms with Crippen molar-refractivity contribution in [3.8, 4) is 11.5 Å². The van der Waals surface area contributed by atoms with E-state index in [1.54, 1.807) is 0 Å². The molecule has 0 radical (unpaired) electrons. The molecule has 7 heteroatoms. The van der Waals surface area contributed by atoms with Crippen molar-refractivity contribution in [3.63, 3.8) is 0 Å². The van der Waals surface area contributed by atoms with Crippen LogP contribution in [0.1, 0.15) is 31.4 Å². The first-order valence-electron chi connectivity index (χ1n) is 12.9. The number of rotatable bonds is 7. The van der Waals surface area contributed by atoms with Gasteiger partial charge >= 0.3 is 0 Å². The van der Waals surface area contributed by atoms with Gasteiger partial charge in [0.05, 0.1) is 25.3 Å². The number of carbonyl (C=O) groups is 1. The molecule has 0 bridgehead atoms. The van der Waals surface area contributed by atoms with Crippen molar-refractivity contribution in [2.24, 2.45) is 5.92 Å². The highest BCUT2D eigenvalue weighted by molar-refractivity contribution is 5.82. The van der Waals surface area contributed by atoms with Crippen molar-refractivity contribution < 1.29 is 19.0 Å². The summed E-state index contributed by atoms with van der Waals surface area (Å²) in [7, 11) is 0. The third-order valence-corrected chi connectivity index (χ3v) is 6.62. The summed E-state index contributed by atoms with van der Waals surface area (Å²) in [5.41, 5.74) is 3.22. The highest BCUT2D eigenvalue weighted by Crippen LogP contribution is 2.31. The van der Waals surface area contributed by atoms with Crippen LogP contribution in [-0.2, 0) is 22.6 Å². The number of carbonyl (C=O) groups excluding carboxylic acids is 1. The van der Waals surface area contributed by atoms with Crippen LogP contribution in [0.5, 0.6) is 11.5 Å². The third kappa shape index (κ3) is 5.79. The van der Waals surface area contributed by atoms with E-state index in [2.05, 4.69) is 48.0 Å². The lowest BCUT2D eigenvalue weighted by atomic mass is 10.1. The molecular formula is C29H35N3O4. The van der Waals surface area contributed by atoms with Gasteiger partial charge in [0.1, 0.15) is 6.10 Å². The van der Waals surface area contributed by atoms with Crippen molar-refractivity contribution in [3.05, 3.63) is 65.9 Å². The van der Waals surface area contributed by atoms with Gasteiger partial charge in [-0.1, -0.05) is 44.2 Å². The average molecular weight is 490 g/mol. The van der Waals surface area contributed by atoms with Crippen molar-refractivity contribution in [2.45, 2.75) is 39.5 Å². The molecule has 3 heterocycles. The van der Waals surface area contributed by atoms with Crippen molar-refractivity contribution in [2.75, 3.05) is 39.5 Å². The van der Waals surface area contributed by atoms with Crippen LogP contribution in [0.4, 0.5) is 0 Å². The van der Waals surface area contributed by atoms with Gasteiger partial charge in [-0.15, -0.1) is 0 Å². The topological polar surface area (TPSA) is 64.1 Å². The second-order valence-corrected chi connectivity index (χ2v) is 10.0. The number of fused-ring (bicyclic) bond motifs is 2. The number of hydrogen-bond acceptors (Lipinski definition) is 6. The van der Waals surface area contributed by atoms with E-state index >= 15 is 0 Å². The predicted molar refractivity (Wildman–Crippen MR) is 139 cm³/mol. The molecule has 0 spiro atoms. The standard InChI is InChI=1S/C29H35N3O4/c1-21(2)17-32(18-22-9-10-25-26(16-22)35-14-5-13-34-25)29(33)27-20-31(12-15-36-27)19-24-7-3-6-23-8-4-11-30-28(23)24/h3-4,6-11,16,21,27H,5,12-15,17-20H2,1-2H3. The second kappa shape index (κ2) is 11.3. The summed E-state index contributed by atoms with van der Waals surface area (Å²) in [6.45, 7) is 9.39.